The predicted octanol–water partition coefficient (Wildman–Crippen LogP) is 7.11. The van der Waals surface area contributed by atoms with E-state index in [-0.39, 0.29) is 11.5 Å². The summed E-state index contributed by atoms with van der Waals surface area (Å²) >= 11 is 0. The third-order valence-electron chi connectivity index (χ3n) is 5.79. The van der Waals surface area contributed by atoms with Gasteiger partial charge in [-0.2, -0.15) is 0 Å². The molecule has 4 aromatic rings. The van der Waals surface area contributed by atoms with Crippen LogP contribution in [-0.2, 0) is 6.54 Å². The second-order valence-electron chi connectivity index (χ2n) is 8.51. The number of carbonyl (C=O) groups is 2. The lowest BCUT2D eigenvalue weighted by atomic mass is 10.1. The summed E-state index contributed by atoms with van der Waals surface area (Å²) in [4.78, 5) is 26.0. The Hall–Kier alpha value is -4.64. The second kappa shape index (κ2) is 11.2. The smallest absolute Gasteiger partial charge is 0.335 e. The summed E-state index contributed by atoms with van der Waals surface area (Å²) in [6, 6.07) is 29.3. The molecule has 0 atom stereocenters. The van der Waals surface area contributed by atoms with Crippen LogP contribution in [0.4, 0.5) is 0 Å². The zero-order valence-corrected chi connectivity index (χ0v) is 20.2. The molecule has 0 saturated carbocycles. The van der Waals surface area contributed by atoms with Gasteiger partial charge >= 0.3 is 5.97 Å². The number of nitrogens with zero attached hydrogens (tertiary/aromatic N) is 1. The first kappa shape index (κ1) is 24.5. The van der Waals surface area contributed by atoms with Crippen LogP contribution in [0.5, 0.6) is 11.5 Å². The van der Waals surface area contributed by atoms with Gasteiger partial charge in [-0.25, -0.2) is 4.79 Å². The number of benzene rings is 4. The van der Waals surface area contributed by atoms with E-state index in [1.165, 1.54) is 0 Å². The van der Waals surface area contributed by atoms with Crippen LogP contribution in [0.1, 0.15) is 43.0 Å². The Morgan fingerprint density at radius 1 is 0.778 bits per heavy atom. The minimum absolute atomic E-state index is 0.149. The van der Waals surface area contributed by atoms with Crippen LogP contribution in [0.2, 0.25) is 0 Å². The highest BCUT2D eigenvalue weighted by Crippen LogP contribution is 2.28. The van der Waals surface area contributed by atoms with E-state index in [4.69, 9.17) is 9.84 Å². The van der Waals surface area contributed by atoms with Crippen LogP contribution < -0.4 is 4.74 Å². The quantitative estimate of drug-likeness (QED) is 0.294. The fourth-order valence-corrected chi connectivity index (χ4v) is 3.79. The van der Waals surface area contributed by atoms with Crippen molar-refractivity contribution < 1.29 is 19.4 Å². The first-order chi connectivity index (χ1) is 17.4. The molecule has 4 aromatic carbocycles. The Bertz CT molecular complexity index is 1350. The molecule has 1 amide bonds. The third-order valence-corrected chi connectivity index (χ3v) is 5.79. The van der Waals surface area contributed by atoms with Gasteiger partial charge in [0.2, 0.25) is 0 Å². The number of rotatable bonds is 8. The van der Waals surface area contributed by atoms with E-state index in [1.54, 1.807) is 47.5 Å². The largest absolute Gasteiger partial charge is 0.478 e. The molecule has 5 heteroatoms. The minimum atomic E-state index is -0.983. The summed E-state index contributed by atoms with van der Waals surface area (Å²) in [6.07, 6.45) is 3.62. The number of carboxylic acid groups (broad SMARTS) is 1. The summed E-state index contributed by atoms with van der Waals surface area (Å²) in [5.41, 5.74) is 4.66. The van der Waals surface area contributed by atoms with E-state index < -0.39 is 5.97 Å². The van der Waals surface area contributed by atoms with Crippen LogP contribution >= 0.6 is 0 Å². The third kappa shape index (κ3) is 6.07. The molecule has 5 nitrogen and oxygen atoms in total. The van der Waals surface area contributed by atoms with Crippen LogP contribution in [0.25, 0.3) is 6.08 Å². The van der Waals surface area contributed by atoms with Gasteiger partial charge in [-0.05, 0) is 78.6 Å². The summed E-state index contributed by atoms with van der Waals surface area (Å²) in [5, 5.41) is 9.15. The zero-order chi connectivity index (χ0) is 25.5. The molecule has 0 aliphatic rings. The van der Waals surface area contributed by atoms with Gasteiger partial charge in [0.15, 0.2) is 0 Å². The lowest BCUT2D eigenvalue weighted by Gasteiger charge is -2.19. The summed E-state index contributed by atoms with van der Waals surface area (Å²) in [7, 11) is 0. The lowest BCUT2D eigenvalue weighted by molar-refractivity contribution is 0.0696. The summed E-state index contributed by atoms with van der Waals surface area (Å²) in [6.45, 7) is 4.35. The van der Waals surface area contributed by atoms with E-state index in [9.17, 15) is 9.59 Å². The molecular formula is C31H27NO4. The molecule has 0 heterocycles. The highest BCUT2D eigenvalue weighted by molar-refractivity contribution is 5.95. The Labute approximate surface area is 210 Å². The first-order valence-corrected chi connectivity index (χ1v) is 11.6. The van der Waals surface area contributed by atoms with Crippen molar-refractivity contribution in [3.8, 4) is 11.5 Å². The second-order valence-corrected chi connectivity index (χ2v) is 8.51. The van der Waals surface area contributed by atoms with Crippen molar-refractivity contribution in [3.05, 3.63) is 137 Å². The number of carboxylic acids is 1. The molecule has 0 fully saturated rings. The topological polar surface area (TPSA) is 66.8 Å². The molecular weight excluding hydrogens is 450 g/mol. The Morgan fingerprint density at radius 3 is 2.03 bits per heavy atom. The molecule has 0 radical (unpaired) electrons. The van der Waals surface area contributed by atoms with Gasteiger partial charge in [0.05, 0.1) is 12.1 Å². The van der Waals surface area contributed by atoms with Crippen LogP contribution in [-0.4, -0.2) is 21.9 Å². The van der Waals surface area contributed by atoms with Gasteiger partial charge in [0.1, 0.15) is 11.5 Å². The monoisotopic (exact) mass is 477 g/mol. The Kier molecular flexibility index (Phi) is 7.61. The fourth-order valence-electron chi connectivity index (χ4n) is 3.79. The van der Waals surface area contributed by atoms with Crippen molar-refractivity contribution in [1.82, 2.24) is 4.90 Å². The SMILES string of the molecule is Cc1cccc(C)c1Oc1ccc(C=CN(Cc2ccc(C(=O)O)cc2)C(=O)c2ccccc2)cc1. The van der Waals surface area contributed by atoms with Crippen molar-refractivity contribution in [1.29, 1.82) is 0 Å². The average Bonchev–Trinajstić information content (AvgIpc) is 2.90. The van der Waals surface area contributed by atoms with Gasteiger partial charge in [0, 0.05) is 11.8 Å². The number of aromatic carboxylic acids is 1. The summed E-state index contributed by atoms with van der Waals surface area (Å²) in [5.74, 6) is 0.461. The fraction of sp³-hybridized carbons (Fsp3) is 0.0968. The minimum Gasteiger partial charge on any atom is -0.478 e. The van der Waals surface area contributed by atoms with Crippen LogP contribution in [0.3, 0.4) is 0 Å². The van der Waals surface area contributed by atoms with Crippen molar-refractivity contribution in [2.75, 3.05) is 0 Å². The van der Waals surface area contributed by atoms with Crippen molar-refractivity contribution in [3.63, 3.8) is 0 Å². The molecule has 0 aliphatic carbocycles. The maximum atomic E-state index is 13.2. The molecule has 0 spiro atoms. The van der Waals surface area contributed by atoms with Crippen molar-refractivity contribution >= 4 is 18.0 Å². The number of hydrogen-bond acceptors (Lipinski definition) is 3. The number of aryl methyl sites for hydroxylation is 2. The number of amides is 1. The number of carbonyl (C=O) groups excluding carboxylic acids is 1. The molecule has 0 aromatic heterocycles. The summed E-state index contributed by atoms with van der Waals surface area (Å²) < 4.78 is 6.09. The maximum Gasteiger partial charge on any atom is 0.335 e. The lowest BCUT2D eigenvalue weighted by Crippen LogP contribution is -2.25. The van der Waals surface area contributed by atoms with Gasteiger partial charge in [-0.3, -0.25) is 4.79 Å². The van der Waals surface area contributed by atoms with Gasteiger partial charge in [-0.15, -0.1) is 0 Å². The van der Waals surface area contributed by atoms with E-state index in [0.717, 1.165) is 33.8 Å². The Morgan fingerprint density at radius 2 is 1.42 bits per heavy atom. The molecule has 0 unspecified atom stereocenters. The van der Waals surface area contributed by atoms with E-state index in [0.29, 0.717) is 12.1 Å². The number of ether oxygens (including phenoxy) is 1. The van der Waals surface area contributed by atoms with Crippen LogP contribution in [0, 0.1) is 13.8 Å². The first-order valence-electron chi connectivity index (χ1n) is 11.6. The molecule has 36 heavy (non-hydrogen) atoms. The molecule has 0 bridgehead atoms. The molecule has 180 valence electrons. The van der Waals surface area contributed by atoms with Gasteiger partial charge < -0.3 is 14.7 Å². The van der Waals surface area contributed by atoms with Crippen molar-refractivity contribution in [2.24, 2.45) is 0 Å². The standard InChI is InChI=1S/C31H27NO4/c1-22-7-6-8-23(2)29(22)36-28-17-13-24(14-18-28)19-20-32(30(33)26-9-4-3-5-10-26)21-25-11-15-27(16-12-25)31(34)35/h3-20H,21H2,1-2H3,(H,34,35). The average molecular weight is 478 g/mol. The van der Waals surface area contributed by atoms with E-state index in [2.05, 4.69) is 0 Å². The van der Waals surface area contributed by atoms with E-state index in [1.807, 2.05) is 80.6 Å². The molecule has 4 rings (SSSR count). The van der Waals surface area contributed by atoms with Crippen LogP contribution in [0.15, 0.2) is 103 Å². The van der Waals surface area contributed by atoms with Crippen molar-refractivity contribution in [2.45, 2.75) is 20.4 Å². The normalized spacial score (nSPS) is 10.8. The highest BCUT2D eigenvalue weighted by atomic mass is 16.5. The maximum absolute atomic E-state index is 13.2. The Balaban J connectivity index is 1.53. The molecule has 0 aliphatic heterocycles. The number of hydrogen-bond donors (Lipinski definition) is 1. The van der Waals surface area contributed by atoms with E-state index >= 15 is 0 Å². The number of para-hydroxylation sites is 1. The van der Waals surface area contributed by atoms with Gasteiger partial charge in [-0.1, -0.05) is 60.7 Å². The zero-order valence-electron chi connectivity index (χ0n) is 20.2. The predicted molar refractivity (Wildman–Crippen MR) is 141 cm³/mol. The highest BCUT2D eigenvalue weighted by Gasteiger charge is 2.14. The molecule has 0 saturated heterocycles. The molecule has 1 N–H and O–H groups in total. The van der Waals surface area contributed by atoms with Gasteiger partial charge in [0.25, 0.3) is 5.91 Å².